The number of sulfonamides is 1. The summed E-state index contributed by atoms with van der Waals surface area (Å²) in [4.78, 5) is 10.0. The highest BCUT2D eigenvalue weighted by molar-refractivity contribution is 7.89. The van der Waals surface area contributed by atoms with Crippen molar-refractivity contribution in [1.29, 1.82) is 0 Å². The van der Waals surface area contributed by atoms with E-state index in [0.29, 0.717) is 0 Å². The van der Waals surface area contributed by atoms with Crippen molar-refractivity contribution in [2.24, 2.45) is 5.10 Å². The third-order valence-corrected chi connectivity index (χ3v) is 6.32. The molecule has 166 valence electrons. The molecule has 0 atom stereocenters. The summed E-state index contributed by atoms with van der Waals surface area (Å²) in [6.07, 6.45) is -3.43. The Hall–Kier alpha value is -3.03. The van der Waals surface area contributed by atoms with Crippen molar-refractivity contribution >= 4 is 27.6 Å². The minimum absolute atomic E-state index is 0.0553. The topological polar surface area (TPSA) is 114 Å². The number of halogens is 3. The van der Waals surface area contributed by atoms with Crippen LogP contribution in [0.25, 0.3) is 0 Å². The molecule has 0 aliphatic carbocycles. The molecule has 1 N–H and O–H groups in total. The van der Waals surface area contributed by atoms with Gasteiger partial charge in [-0.3, -0.25) is 15.5 Å². The third-order valence-electron chi connectivity index (χ3n) is 4.38. The minimum atomic E-state index is -4.52. The van der Waals surface area contributed by atoms with Crippen LogP contribution in [0.2, 0.25) is 0 Å². The molecule has 31 heavy (non-hydrogen) atoms. The van der Waals surface area contributed by atoms with Gasteiger partial charge in [0.25, 0.3) is 5.69 Å². The van der Waals surface area contributed by atoms with Gasteiger partial charge >= 0.3 is 6.18 Å². The van der Waals surface area contributed by atoms with E-state index in [1.807, 2.05) is 0 Å². The van der Waals surface area contributed by atoms with Crippen LogP contribution in [-0.2, 0) is 20.9 Å². The molecule has 0 unspecified atom stereocenters. The van der Waals surface area contributed by atoms with E-state index in [0.717, 1.165) is 34.8 Å². The molecule has 0 amide bonds. The van der Waals surface area contributed by atoms with Crippen molar-refractivity contribution in [2.45, 2.75) is 11.1 Å². The first kappa shape index (κ1) is 22.7. The van der Waals surface area contributed by atoms with E-state index in [1.165, 1.54) is 18.2 Å². The van der Waals surface area contributed by atoms with Crippen molar-refractivity contribution in [1.82, 2.24) is 4.31 Å². The van der Waals surface area contributed by atoms with Gasteiger partial charge < -0.3 is 4.74 Å². The molecule has 13 heteroatoms. The van der Waals surface area contributed by atoms with Crippen LogP contribution in [0.1, 0.15) is 11.1 Å². The second-order valence-electron chi connectivity index (χ2n) is 6.45. The van der Waals surface area contributed by atoms with Gasteiger partial charge in [-0.2, -0.15) is 22.6 Å². The Balaban J connectivity index is 1.91. The lowest BCUT2D eigenvalue weighted by Gasteiger charge is -2.26. The number of nitrogens with one attached hydrogen (secondary N) is 1. The molecule has 1 aliphatic rings. The smallest absolute Gasteiger partial charge is 0.379 e. The predicted molar refractivity (Wildman–Crippen MR) is 105 cm³/mol. The number of nitro groups is 1. The average molecular weight is 458 g/mol. The number of ether oxygens (including phenoxy) is 1. The number of benzene rings is 2. The molecule has 1 aliphatic heterocycles. The van der Waals surface area contributed by atoms with Gasteiger partial charge in [0.1, 0.15) is 4.90 Å². The minimum Gasteiger partial charge on any atom is -0.379 e. The van der Waals surface area contributed by atoms with Crippen LogP contribution in [0.4, 0.5) is 24.5 Å². The maximum atomic E-state index is 13.0. The summed E-state index contributed by atoms with van der Waals surface area (Å²) in [5, 5.41) is 14.9. The lowest BCUT2D eigenvalue weighted by Crippen LogP contribution is -2.40. The Morgan fingerprint density at radius 1 is 1.16 bits per heavy atom. The van der Waals surface area contributed by atoms with E-state index in [9.17, 15) is 31.7 Å². The van der Waals surface area contributed by atoms with Crippen molar-refractivity contribution < 1.29 is 31.2 Å². The first-order valence-corrected chi connectivity index (χ1v) is 10.4. The van der Waals surface area contributed by atoms with Gasteiger partial charge in [-0.05, 0) is 23.8 Å². The lowest BCUT2D eigenvalue weighted by atomic mass is 10.1. The molecule has 0 spiro atoms. The summed E-state index contributed by atoms with van der Waals surface area (Å²) in [5.74, 6) is 0. The molecule has 0 saturated carbocycles. The monoisotopic (exact) mass is 458 g/mol. The van der Waals surface area contributed by atoms with E-state index in [-0.39, 0.29) is 42.4 Å². The summed E-state index contributed by atoms with van der Waals surface area (Å²) in [6, 6.07) is 7.58. The fourth-order valence-electron chi connectivity index (χ4n) is 2.83. The Labute approximate surface area is 175 Å². The molecule has 9 nitrogen and oxygen atoms in total. The van der Waals surface area contributed by atoms with Crippen LogP contribution in [0.5, 0.6) is 0 Å². The Morgan fingerprint density at radius 2 is 1.87 bits per heavy atom. The lowest BCUT2D eigenvalue weighted by molar-refractivity contribution is -0.385. The van der Waals surface area contributed by atoms with E-state index in [2.05, 4.69) is 10.5 Å². The van der Waals surface area contributed by atoms with E-state index >= 15 is 0 Å². The van der Waals surface area contributed by atoms with Crippen LogP contribution >= 0.6 is 0 Å². The van der Waals surface area contributed by atoms with Gasteiger partial charge in [-0.25, -0.2) is 8.42 Å². The zero-order chi connectivity index (χ0) is 22.6. The standard InChI is InChI=1S/C18H17F3N4O5S/c19-18(20,21)14-3-1-2-13(10-14)12-22-23-16-5-4-15(25(26)27)11-17(16)31(28,29)24-6-8-30-9-7-24/h1-5,10-12,23H,6-9H2. The highest BCUT2D eigenvalue weighted by Crippen LogP contribution is 2.30. The van der Waals surface area contributed by atoms with Crippen LogP contribution in [0.3, 0.4) is 0 Å². The fraction of sp³-hybridized carbons (Fsp3) is 0.278. The Morgan fingerprint density at radius 3 is 2.52 bits per heavy atom. The number of nitrogens with zero attached hydrogens (tertiary/aromatic N) is 3. The maximum Gasteiger partial charge on any atom is 0.416 e. The quantitative estimate of drug-likeness (QED) is 0.404. The number of rotatable bonds is 6. The molecule has 1 fully saturated rings. The van der Waals surface area contributed by atoms with Crippen LogP contribution in [-0.4, -0.2) is 50.2 Å². The van der Waals surface area contributed by atoms with E-state index in [1.54, 1.807) is 0 Å². The van der Waals surface area contributed by atoms with Crippen LogP contribution in [0, 0.1) is 10.1 Å². The number of morpholine rings is 1. The highest BCUT2D eigenvalue weighted by atomic mass is 32.2. The molecular formula is C18H17F3N4O5S. The SMILES string of the molecule is O=[N+]([O-])c1ccc(NN=Cc2cccc(C(F)(F)F)c2)c(S(=O)(=O)N2CCOCC2)c1. The number of nitro benzene ring substituents is 1. The fourth-order valence-corrected chi connectivity index (χ4v) is 4.40. The van der Waals surface area contributed by atoms with Gasteiger partial charge in [0.15, 0.2) is 0 Å². The van der Waals surface area contributed by atoms with Crippen molar-refractivity contribution in [3.8, 4) is 0 Å². The second-order valence-corrected chi connectivity index (χ2v) is 8.35. The van der Waals surface area contributed by atoms with Gasteiger partial charge in [-0.15, -0.1) is 0 Å². The molecule has 2 aromatic rings. The average Bonchev–Trinajstić information content (AvgIpc) is 2.74. The Bertz CT molecular complexity index is 1100. The number of hydrazone groups is 1. The summed E-state index contributed by atoms with van der Waals surface area (Å²) in [6.45, 7) is 0.533. The van der Waals surface area contributed by atoms with Crippen molar-refractivity contribution in [3.05, 3.63) is 63.7 Å². The largest absolute Gasteiger partial charge is 0.416 e. The number of non-ortho nitro benzene ring substituents is 1. The van der Waals surface area contributed by atoms with Crippen LogP contribution < -0.4 is 5.43 Å². The summed E-state index contributed by atoms with van der Waals surface area (Å²) < 4.78 is 70.7. The maximum absolute atomic E-state index is 13.0. The van der Waals surface area contributed by atoms with Gasteiger partial charge in [0.2, 0.25) is 10.0 Å². The Kier molecular flexibility index (Phi) is 6.57. The van der Waals surface area contributed by atoms with Crippen LogP contribution in [0.15, 0.2) is 52.5 Å². The summed E-state index contributed by atoms with van der Waals surface area (Å²) in [7, 11) is -4.11. The molecule has 0 radical (unpaired) electrons. The number of hydrogen-bond donors (Lipinski definition) is 1. The zero-order valence-electron chi connectivity index (χ0n) is 15.9. The number of hydrogen-bond acceptors (Lipinski definition) is 7. The first-order valence-electron chi connectivity index (χ1n) is 8.92. The first-order chi connectivity index (χ1) is 14.6. The number of anilines is 1. The van der Waals surface area contributed by atoms with Crippen molar-refractivity contribution in [3.63, 3.8) is 0 Å². The van der Waals surface area contributed by atoms with Gasteiger partial charge in [-0.1, -0.05) is 12.1 Å². The van der Waals surface area contributed by atoms with Crippen molar-refractivity contribution in [2.75, 3.05) is 31.7 Å². The zero-order valence-corrected chi connectivity index (χ0v) is 16.7. The molecular weight excluding hydrogens is 441 g/mol. The molecule has 0 bridgehead atoms. The molecule has 0 aromatic heterocycles. The second kappa shape index (κ2) is 8.99. The molecule has 3 rings (SSSR count). The van der Waals surface area contributed by atoms with Gasteiger partial charge in [0.05, 0.1) is 35.6 Å². The molecule has 2 aromatic carbocycles. The third kappa shape index (κ3) is 5.37. The van der Waals surface area contributed by atoms with E-state index < -0.39 is 32.4 Å². The predicted octanol–water partition coefficient (Wildman–Crippen LogP) is 3.08. The molecule has 1 saturated heterocycles. The number of alkyl halides is 3. The highest BCUT2D eigenvalue weighted by Gasteiger charge is 2.31. The van der Waals surface area contributed by atoms with Gasteiger partial charge in [0, 0.05) is 25.2 Å². The summed E-state index contributed by atoms with van der Waals surface area (Å²) >= 11 is 0. The molecule has 1 heterocycles. The van der Waals surface area contributed by atoms with E-state index in [4.69, 9.17) is 4.74 Å². The normalized spacial score (nSPS) is 15.8. The summed E-state index contributed by atoms with van der Waals surface area (Å²) in [5.41, 5.74) is 1.24.